The van der Waals surface area contributed by atoms with Gasteiger partial charge < -0.3 is 24.3 Å². The SMILES string of the molecule is COc1ccc2c(c1)C(=O)N(C[C@@]1(c3cc4nc(N(C)c5ccncc5)ccc4o3)NC(=O)NC1=O)C2. The number of pyridine rings is 2. The Hall–Kier alpha value is -4.93. The molecule has 1 aromatic carbocycles. The van der Waals surface area contributed by atoms with Gasteiger partial charge in [-0.15, -0.1) is 0 Å². The molecule has 4 aromatic rings. The Balaban J connectivity index is 1.36. The van der Waals surface area contributed by atoms with Gasteiger partial charge in [0.15, 0.2) is 11.1 Å². The van der Waals surface area contributed by atoms with Gasteiger partial charge in [-0.2, -0.15) is 0 Å². The van der Waals surface area contributed by atoms with E-state index >= 15 is 0 Å². The average molecular weight is 498 g/mol. The summed E-state index contributed by atoms with van der Waals surface area (Å²) < 4.78 is 11.3. The number of urea groups is 1. The van der Waals surface area contributed by atoms with Crippen LogP contribution >= 0.6 is 0 Å². The lowest BCUT2D eigenvalue weighted by atomic mass is 9.95. The van der Waals surface area contributed by atoms with Crippen LogP contribution in [0.2, 0.25) is 0 Å². The number of amides is 4. The molecule has 0 bridgehead atoms. The predicted octanol–water partition coefficient (Wildman–Crippen LogP) is 2.69. The molecule has 2 aliphatic rings. The predicted molar refractivity (Wildman–Crippen MR) is 132 cm³/mol. The molecule has 1 saturated heterocycles. The summed E-state index contributed by atoms with van der Waals surface area (Å²) in [6, 6.07) is 13.5. The number of carbonyl (C=O) groups excluding carboxylic acids is 3. The molecule has 5 heterocycles. The number of rotatable bonds is 6. The molecule has 0 saturated carbocycles. The fourth-order valence-electron chi connectivity index (χ4n) is 4.75. The third kappa shape index (κ3) is 3.63. The zero-order valence-corrected chi connectivity index (χ0v) is 20.0. The largest absolute Gasteiger partial charge is 0.497 e. The van der Waals surface area contributed by atoms with Crippen molar-refractivity contribution in [1.29, 1.82) is 0 Å². The number of nitrogens with one attached hydrogen (secondary N) is 2. The number of hydrogen-bond acceptors (Lipinski definition) is 8. The van der Waals surface area contributed by atoms with E-state index in [1.807, 2.05) is 30.1 Å². The maximum atomic E-state index is 13.2. The molecule has 2 aliphatic heterocycles. The Kier molecular flexibility index (Phi) is 5.07. The second kappa shape index (κ2) is 8.33. The van der Waals surface area contributed by atoms with Crippen molar-refractivity contribution in [2.45, 2.75) is 12.1 Å². The lowest BCUT2D eigenvalue weighted by Gasteiger charge is -2.28. The first-order valence-corrected chi connectivity index (χ1v) is 11.5. The van der Waals surface area contributed by atoms with Crippen molar-refractivity contribution in [3.63, 3.8) is 0 Å². The van der Waals surface area contributed by atoms with Gasteiger partial charge in [0, 0.05) is 43.3 Å². The molecular weight excluding hydrogens is 476 g/mol. The number of nitrogens with zero attached hydrogens (tertiary/aromatic N) is 4. The van der Waals surface area contributed by atoms with E-state index in [9.17, 15) is 14.4 Å². The Bertz CT molecular complexity index is 1570. The standard InChI is InChI=1S/C26H22N6O5/c1-31(16-7-9-27-10-8-16)22-6-5-20-19(28-22)12-21(37-20)26(24(34)29-25(35)30-26)14-32-13-15-3-4-17(36-2)11-18(15)23(32)33/h3-12H,13-14H2,1-2H3,(H2,29,30,34,35)/t26-/m0/s1. The normalized spacial score (nSPS) is 18.6. The van der Waals surface area contributed by atoms with Gasteiger partial charge in [0.1, 0.15) is 22.8 Å². The highest BCUT2D eigenvalue weighted by atomic mass is 16.5. The molecule has 0 radical (unpaired) electrons. The van der Waals surface area contributed by atoms with Crippen LogP contribution in [0.25, 0.3) is 11.1 Å². The molecule has 3 aromatic heterocycles. The topological polar surface area (TPSA) is 130 Å². The van der Waals surface area contributed by atoms with E-state index in [1.54, 1.807) is 42.7 Å². The summed E-state index contributed by atoms with van der Waals surface area (Å²) in [5.41, 5.74) is 1.53. The van der Waals surface area contributed by atoms with E-state index in [0.717, 1.165) is 11.3 Å². The summed E-state index contributed by atoms with van der Waals surface area (Å²) in [6.45, 7) is 0.159. The summed E-state index contributed by atoms with van der Waals surface area (Å²) in [7, 11) is 3.41. The molecule has 0 aliphatic carbocycles. The summed E-state index contributed by atoms with van der Waals surface area (Å²) in [4.78, 5) is 50.8. The maximum Gasteiger partial charge on any atom is 0.322 e. The monoisotopic (exact) mass is 498 g/mol. The van der Waals surface area contributed by atoms with Crippen LogP contribution in [0.1, 0.15) is 21.7 Å². The van der Waals surface area contributed by atoms with E-state index in [0.29, 0.717) is 28.2 Å². The third-order valence-electron chi connectivity index (χ3n) is 6.74. The van der Waals surface area contributed by atoms with Crippen LogP contribution < -0.4 is 20.3 Å². The maximum absolute atomic E-state index is 13.2. The Morgan fingerprint density at radius 2 is 1.92 bits per heavy atom. The van der Waals surface area contributed by atoms with Gasteiger partial charge in [-0.3, -0.25) is 19.9 Å². The molecule has 1 fully saturated rings. The zero-order chi connectivity index (χ0) is 25.7. The van der Waals surface area contributed by atoms with Crippen molar-refractivity contribution in [1.82, 2.24) is 25.5 Å². The van der Waals surface area contributed by atoms with Gasteiger partial charge in [-0.1, -0.05) is 6.07 Å². The van der Waals surface area contributed by atoms with E-state index in [2.05, 4.69) is 20.6 Å². The van der Waals surface area contributed by atoms with Crippen molar-refractivity contribution >= 4 is 40.5 Å². The number of ether oxygens (including phenoxy) is 1. The minimum atomic E-state index is -1.61. The van der Waals surface area contributed by atoms with Crippen molar-refractivity contribution in [2.24, 2.45) is 0 Å². The lowest BCUT2D eigenvalue weighted by molar-refractivity contribution is -0.125. The average Bonchev–Trinajstić information content (AvgIpc) is 3.57. The molecule has 37 heavy (non-hydrogen) atoms. The number of benzene rings is 1. The number of imide groups is 1. The Morgan fingerprint density at radius 1 is 1.11 bits per heavy atom. The molecule has 0 spiro atoms. The first-order valence-electron chi connectivity index (χ1n) is 11.5. The van der Waals surface area contributed by atoms with Gasteiger partial charge in [-0.25, -0.2) is 9.78 Å². The second-order valence-electron chi connectivity index (χ2n) is 8.93. The molecule has 6 rings (SSSR count). The number of carbonyl (C=O) groups is 3. The number of methoxy groups -OCH3 is 1. The van der Waals surface area contributed by atoms with Gasteiger partial charge >= 0.3 is 6.03 Å². The Morgan fingerprint density at radius 3 is 2.65 bits per heavy atom. The number of furan rings is 1. The van der Waals surface area contributed by atoms with Crippen LogP contribution in [0.15, 0.2) is 65.3 Å². The summed E-state index contributed by atoms with van der Waals surface area (Å²) in [6.07, 6.45) is 3.39. The van der Waals surface area contributed by atoms with Crippen LogP contribution in [-0.2, 0) is 16.9 Å². The van der Waals surface area contributed by atoms with Crippen molar-refractivity contribution in [2.75, 3.05) is 25.6 Å². The minimum Gasteiger partial charge on any atom is -0.497 e. The van der Waals surface area contributed by atoms with Crippen LogP contribution in [0.5, 0.6) is 5.75 Å². The van der Waals surface area contributed by atoms with Crippen LogP contribution in [0, 0.1) is 0 Å². The first-order chi connectivity index (χ1) is 17.9. The van der Waals surface area contributed by atoms with Crippen LogP contribution in [0.3, 0.4) is 0 Å². The third-order valence-corrected chi connectivity index (χ3v) is 6.74. The minimum absolute atomic E-state index is 0.121. The Labute approximate surface area is 211 Å². The fourth-order valence-corrected chi connectivity index (χ4v) is 4.75. The zero-order valence-electron chi connectivity index (χ0n) is 20.0. The van der Waals surface area contributed by atoms with Gasteiger partial charge in [0.2, 0.25) is 0 Å². The summed E-state index contributed by atoms with van der Waals surface area (Å²) in [5, 5.41) is 4.99. The number of fused-ring (bicyclic) bond motifs is 2. The number of hydrogen-bond donors (Lipinski definition) is 2. The number of aromatic nitrogens is 2. The van der Waals surface area contributed by atoms with Crippen molar-refractivity contribution < 1.29 is 23.5 Å². The van der Waals surface area contributed by atoms with E-state index in [4.69, 9.17) is 9.15 Å². The lowest BCUT2D eigenvalue weighted by Crippen LogP contribution is -2.52. The fraction of sp³-hybridized carbons (Fsp3) is 0.192. The molecular formula is C26H22N6O5. The second-order valence-corrected chi connectivity index (χ2v) is 8.93. The smallest absolute Gasteiger partial charge is 0.322 e. The molecule has 2 N–H and O–H groups in total. The summed E-state index contributed by atoms with van der Waals surface area (Å²) >= 11 is 0. The van der Waals surface area contributed by atoms with Crippen molar-refractivity contribution in [3.05, 3.63) is 77.8 Å². The van der Waals surface area contributed by atoms with E-state index in [-0.39, 0.29) is 24.8 Å². The first kappa shape index (κ1) is 22.5. The molecule has 4 amide bonds. The molecule has 11 heteroatoms. The quantitative estimate of drug-likeness (QED) is 0.388. The highest BCUT2D eigenvalue weighted by molar-refractivity contribution is 6.08. The highest BCUT2D eigenvalue weighted by Crippen LogP contribution is 2.35. The molecule has 186 valence electrons. The van der Waals surface area contributed by atoms with E-state index in [1.165, 1.54) is 12.0 Å². The van der Waals surface area contributed by atoms with E-state index < -0.39 is 17.5 Å². The van der Waals surface area contributed by atoms with Gasteiger partial charge in [0.05, 0.1) is 13.7 Å². The molecule has 1 atom stereocenters. The molecule has 0 unspecified atom stereocenters. The molecule has 11 nitrogen and oxygen atoms in total. The van der Waals surface area contributed by atoms with Crippen LogP contribution in [0.4, 0.5) is 16.3 Å². The highest BCUT2D eigenvalue weighted by Gasteiger charge is 2.53. The summed E-state index contributed by atoms with van der Waals surface area (Å²) in [5.74, 6) is 0.527. The van der Waals surface area contributed by atoms with Gasteiger partial charge in [0.25, 0.3) is 11.8 Å². The van der Waals surface area contributed by atoms with Crippen molar-refractivity contribution in [3.8, 4) is 5.75 Å². The van der Waals surface area contributed by atoms with Gasteiger partial charge in [-0.05, 0) is 42.0 Å². The van der Waals surface area contributed by atoms with Crippen LogP contribution in [-0.4, -0.2) is 53.4 Å². The number of anilines is 2.